The van der Waals surface area contributed by atoms with Crippen molar-refractivity contribution in [3.63, 3.8) is 0 Å². The molecule has 0 unspecified atom stereocenters. The van der Waals surface area contributed by atoms with Crippen LogP contribution < -0.4 is 21.9 Å². The number of nitrogens with zero attached hydrogens (tertiary/aromatic N) is 2. The van der Waals surface area contributed by atoms with Crippen LogP contribution in [0.4, 0.5) is 17.3 Å². The lowest BCUT2D eigenvalue weighted by molar-refractivity contribution is -0.384. The van der Waals surface area contributed by atoms with Gasteiger partial charge in [0, 0.05) is 26.1 Å². The molecule has 1 aromatic heterocycles. The number of rotatable bonds is 6. The second-order valence-electron chi connectivity index (χ2n) is 3.38. The number of hydrogen-bond acceptors (Lipinski definition) is 7. The van der Waals surface area contributed by atoms with Crippen molar-refractivity contribution in [3.05, 3.63) is 22.2 Å². The van der Waals surface area contributed by atoms with Crippen molar-refractivity contribution in [2.24, 2.45) is 5.84 Å². The summed E-state index contributed by atoms with van der Waals surface area (Å²) in [4.78, 5) is 24.8. The first-order valence-electron chi connectivity index (χ1n) is 5.15. The Balaban J connectivity index is 2.71. The second kappa shape index (κ2) is 6.35. The zero-order valence-corrected chi connectivity index (χ0v) is 9.77. The molecule has 0 radical (unpaired) electrons. The van der Waals surface area contributed by atoms with Gasteiger partial charge in [0.2, 0.25) is 11.7 Å². The fraction of sp³-hybridized carbons (Fsp3) is 0.333. The van der Waals surface area contributed by atoms with Gasteiger partial charge in [-0.25, -0.2) is 10.8 Å². The topological polar surface area (TPSA) is 135 Å². The van der Waals surface area contributed by atoms with Crippen molar-refractivity contribution in [2.45, 2.75) is 6.92 Å². The third-order valence-electron chi connectivity index (χ3n) is 2.01. The van der Waals surface area contributed by atoms with Crippen LogP contribution in [-0.4, -0.2) is 28.9 Å². The molecular formula is C9H14N6O3. The van der Waals surface area contributed by atoms with Crippen LogP contribution in [-0.2, 0) is 4.79 Å². The third kappa shape index (κ3) is 3.87. The summed E-state index contributed by atoms with van der Waals surface area (Å²) in [5.74, 6) is 5.41. The summed E-state index contributed by atoms with van der Waals surface area (Å²) in [6.45, 7) is 2.05. The molecule has 5 N–H and O–H groups in total. The van der Waals surface area contributed by atoms with E-state index in [9.17, 15) is 14.9 Å². The lowest BCUT2D eigenvalue weighted by Gasteiger charge is -2.08. The SMILES string of the molecule is CC(=O)NCCNc1nc(NN)ccc1[N+](=O)[O-]. The number of nitrogen functional groups attached to an aromatic ring is 1. The molecule has 1 heterocycles. The maximum absolute atomic E-state index is 10.8. The number of anilines is 2. The van der Waals surface area contributed by atoms with Gasteiger partial charge >= 0.3 is 5.69 Å². The molecule has 1 aromatic rings. The van der Waals surface area contributed by atoms with Gasteiger partial charge in [-0.2, -0.15) is 0 Å². The molecule has 0 aliphatic carbocycles. The van der Waals surface area contributed by atoms with Crippen LogP contribution in [0.2, 0.25) is 0 Å². The minimum absolute atomic E-state index is 0.0980. The van der Waals surface area contributed by atoms with Crippen molar-refractivity contribution >= 4 is 23.2 Å². The molecule has 0 bridgehead atoms. The van der Waals surface area contributed by atoms with Gasteiger partial charge in [-0.1, -0.05) is 0 Å². The first-order valence-corrected chi connectivity index (χ1v) is 5.15. The largest absolute Gasteiger partial charge is 0.363 e. The molecule has 18 heavy (non-hydrogen) atoms. The zero-order chi connectivity index (χ0) is 13.5. The number of hydrogen-bond donors (Lipinski definition) is 4. The van der Waals surface area contributed by atoms with Crippen molar-refractivity contribution < 1.29 is 9.72 Å². The van der Waals surface area contributed by atoms with Gasteiger partial charge in [0.05, 0.1) is 4.92 Å². The van der Waals surface area contributed by atoms with Crippen LogP contribution in [0.3, 0.4) is 0 Å². The van der Waals surface area contributed by atoms with Crippen LogP contribution in [0, 0.1) is 10.1 Å². The highest BCUT2D eigenvalue weighted by molar-refractivity contribution is 5.72. The Morgan fingerprint density at radius 1 is 1.50 bits per heavy atom. The van der Waals surface area contributed by atoms with E-state index in [1.807, 2.05) is 0 Å². The molecule has 0 aliphatic rings. The van der Waals surface area contributed by atoms with Crippen molar-refractivity contribution in [2.75, 3.05) is 23.8 Å². The first kappa shape index (κ1) is 13.6. The molecule has 9 nitrogen and oxygen atoms in total. The van der Waals surface area contributed by atoms with Gasteiger partial charge in [0.1, 0.15) is 5.82 Å². The fourth-order valence-corrected chi connectivity index (χ4v) is 1.23. The number of nitro groups is 1. The maximum Gasteiger partial charge on any atom is 0.311 e. The van der Waals surface area contributed by atoms with E-state index in [4.69, 9.17) is 5.84 Å². The van der Waals surface area contributed by atoms with Gasteiger partial charge in [0.15, 0.2) is 0 Å². The summed E-state index contributed by atoms with van der Waals surface area (Å²) in [6.07, 6.45) is 0. The van der Waals surface area contributed by atoms with E-state index < -0.39 is 4.92 Å². The Morgan fingerprint density at radius 2 is 2.22 bits per heavy atom. The summed E-state index contributed by atoms with van der Waals surface area (Å²) < 4.78 is 0. The standard InChI is InChI=1S/C9H14N6O3/c1-6(16)11-4-5-12-9-7(15(17)18)2-3-8(13-9)14-10/h2-3H,4-5,10H2,1H3,(H,11,16)(H2,12,13,14). The lowest BCUT2D eigenvalue weighted by Crippen LogP contribution is -2.26. The average molecular weight is 254 g/mol. The van der Waals surface area contributed by atoms with Gasteiger partial charge < -0.3 is 16.1 Å². The quantitative estimate of drug-likeness (QED) is 0.239. The van der Waals surface area contributed by atoms with Crippen LogP contribution >= 0.6 is 0 Å². The molecule has 0 saturated carbocycles. The van der Waals surface area contributed by atoms with Gasteiger partial charge in [-0.05, 0) is 6.07 Å². The van der Waals surface area contributed by atoms with E-state index in [-0.39, 0.29) is 17.4 Å². The van der Waals surface area contributed by atoms with Gasteiger partial charge in [-0.3, -0.25) is 14.9 Å². The van der Waals surface area contributed by atoms with Gasteiger partial charge in [0.25, 0.3) is 0 Å². The molecule has 0 spiro atoms. The molecule has 9 heteroatoms. The molecule has 0 fully saturated rings. The predicted octanol–water partition coefficient (Wildman–Crippen LogP) is -0.177. The number of nitrogens with two attached hydrogens (primary N) is 1. The predicted molar refractivity (Wildman–Crippen MR) is 65.9 cm³/mol. The molecular weight excluding hydrogens is 240 g/mol. The number of carbonyl (C=O) groups is 1. The minimum atomic E-state index is -0.548. The smallest absolute Gasteiger partial charge is 0.311 e. The molecule has 0 aliphatic heterocycles. The number of aromatic nitrogens is 1. The molecule has 98 valence electrons. The van der Waals surface area contributed by atoms with E-state index in [2.05, 4.69) is 21.0 Å². The highest BCUT2D eigenvalue weighted by Gasteiger charge is 2.15. The van der Waals surface area contributed by atoms with Crippen molar-refractivity contribution in [3.8, 4) is 0 Å². The molecule has 1 rings (SSSR count). The summed E-state index contributed by atoms with van der Waals surface area (Å²) in [7, 11) is 0. The fourth-order valence-electron chi connectivity index (χ4n) is 1.23. The van der Waals surface area contributed by atoms with Crippen LogP contribution in [0.5, 0.6) is 0 Å². The van der Waals surface area contributed by atoms with Gasteiger partial charge in [-0.15, -0.1) is 0 Å². The second-order valence-corrected chi connectivity index (χ2v) is 3.38. The number of hydrazine groups is 1. The Kier molecular flexibility index (Phi) is 4.81. The summed E-state index contributed by atoms with van der Waals surface area (Å²) in [5.41, 5.74) is 2.14. The van der Waals surface area contributed by atoms with E-state index in [1.165, 1.54) is 19.1 Å². The number of nitrogens with one attached hydrogen (secondary N) is 3. The lowest BCUT2D eigenvalue weighted by atomic mass is 10.3. The van der Waals surface area contributed by atoms with Crippen LogP contribution in [0.15, 0.2) is 12.1 Å². The summed E-state index contributed by atoms with van der Waals surface area (Å²) in [6, 6.07) is 2.69. The van der Waals surface area contributed by atoms with E-state index in [1.54, 1.807) is 0 Å². The highest BCUT2D eigenvalue weighted by atomic mass is 16.6. The molecule has 0 saturated heterocycles. The average Bonchev–Trinajstić information content (AvgIpc) is 2.33. The Hall–Kier alpha value is -2.42. The highest BCUT2D eigenvalue weighted by Crippen LogP contribution is 2.23. The minimum Gasteiger partial charge on any atom is -0.363 e. The van der Waals surface area contributed by atoms with E-state index >= 15 is 0 Å². The van der Waals surface area contributed by atoms with Crippen LogP contribution in [0.25, 0.3) is 0 Å². The normalized spacial score (nSPS) is 9.67. The molecule has 0 atom stereocenters. The molecule has 0 aromatic carbocycles. The first-order chi connectivity index (χ1) is 8.54. The van der Waals surface area contributed by atoms with Crippen molar-refractivity contribution in [1.29, 1.82) is 0 Å². The maximum atomic E-state index is 10.8. The van der Waals surface area contributed by atoms with E-state index in [0.29, 0.717) is 18.9 Å². The summed E-state index contributed by atoms with van der Waals surface area (Å²) >= 11 is 0. The number of pyridine rings is 1. The Labute approximate surface area is 103 Å². The Morgan fingerprint density at radius 3 is 2.78 bits per heavy atom. The van der Waals surface area contributed by atoms with Crippen molar-refractivity contribution in [1.82, 2.24) is 10.3 Å². The van der Waals surface area contributed by atoms with E-state index in [0.717, 1.165) is 0 Å². The third-order valence-corrected chi connectivity index (χ3v) is 2.01. The number of carbonyl (C=O) groups excluding carboxylic acids is 1. The monoisotopic (exact) mass is 254 g/mol. The Bertz CT molecular complexity index is 450. The summed E-state index contributed by atoms with van der Waals surface area (Å²) in [5, 5.41) is 16.1. The zero-order valence-electron chi connectivity index (χ0n) is 9.77. The molecule has 1 amide bonds. The van der Waals surface area contributed by atoms with Crippen LogP contribution in [0.1, 0.15) is 6.92 Å². The number of amides is 1.